The van der Waals surface area contributed by atoms with Gasteiger partial charge in [-0.3, -0.25) is 4.79 Å². The number of carbonyl (C=O) groups is 1. The molecule has 23 heavy (non-hydrogen) atoms. The van der Waals surface area contributed by atoms with Crippen LogP contribution in [0.1, 0.15) is 16.1 Å². The fraction of sp³-hybridized carbons (Fsp3) is 0.333. The third-order valence-corrected chi connectivity index (χ3v) is 4.31. The summed E-state index contributed by atoms with van der Waals surface area (Å²) in [5.41, 5.74) is 1.96. The third-order valence-electron chi connectivity index (χ3n) is 4.31. The number of amides is 1. The van der Waals surface area contributed by atoms with Crippen LogP contribution in [0.2, 0.25) is 0 Å². The van der Waals surface area contributed by atoms with Crippen molar-refractivity contribution in [3.63, 3.8) is 0 Å². The lowest BCUT2D eigenvalue weighted by atomic mass is 10.1. The quantitative estimate of drug-likeness (QED) is 0.867. The molecule has 0 unspecified atom stereocenters. The Morgan fingerprint density at radius 2 is 1.91 bits per heavy atom. The number of benzene rings is 1. The van der Waals surface area contributed by atoms with E-state index in [9.17, 15) is 4.79 Å². The van der Waals surface area contributed by atoms with Gasteiger partial charge in [-0.05, 0) is 30.3 Å². The van der Waals surface area contributed by atoms with Crippen molar-refractivity contribution in [1.82, 2.24) is 4.90 Å². The first-order valence-electron chi connectivity index (χ1n) is 7.99. The highest BCUT2D eigenvalue weighted by molar-refractivity contribution is 5.94. The van der Waals surface area contributed by atoms with Crippen LogP contribution in [0.4, 0.5) is 0 Å². The number of hydrogen-bond donors (Lipinski definition) is 1. The number of carbonyl (C=O) groups excluding carboxylic acids is 1. The summed E-state index contributed by atoms with van der Waals surface area (Å²) in [5, 5.41) is 0. The molecule has 2 N–H and O–H groups in total. The Morgan fingerprint density at radius 1 is 1.17 bits per heavy atom. The molecule has 1 aromatic carbocycles. The number of aromatic nitrogens is 1. The SMILES string of the molecule is COc1ccc(C(=O)N2CC[NH+](Cc3cccc[nH+]3)CC2)cc1. The van der Waals surface area contributed by atoms with Crippen LogP contribution in [-0.4, -0.2) is 44.1 Å². The molecule has 0 atom stereocenters. The molecule has 0 bridgehead atoms. The van der Waals surface area contributed by atoms with Crippen LogP contribution in [0.3, 0.4) is 0 Å². The van der Waals surface area contributed by atoms with Gasteiger partial charge in [0.1, 0.15) is 5.75 Å². The minimum Gasteiger partial charge on any atom is -0.497 e. The summed E-state index contributed by atoms with van der Waals surface area (Å²) in [6, 6.07) is 13.5. The highest BCUT2D eigenvalue weighted by atomic mass is 16.5. The Kier molecular flexibility index (Phi) is 4.88. The number of ether oxygens (including phenoxy) is 1. The van der Waals surface area contributed by atoms with E-state index >= 15 is 0 Å². The van der Waals surface area contributed by atoms with Gasteiger partial charge in [-0.1, -0.05) is 0 Å². The van der Waals surface area contributed by atoms with E-state index in [1.165, 1.54) is 10.6 Å². The zero-order valence-corrected chi connectivity index (χ0v) is 13.4. The van der Waals surface area contributed by atoms with Crippen LogP contribution in [0.25, 0.3) is 0 Å². The number of piperazine rings is 1. The van der Waals surface area contributed by atoms with Gasteiger partial charge in [0, 0.05) is 17.7 Å². The Labute approximate surface area is 136 Å². The van der Waals surface area contributed by atoms with E-state index in [1.807, 2.05) is 41.4 Å². The van der Waals surface area contributed by atoms with Crippen molar-refractivity contribution in [1.29, 1.82) is 0 Å². The number of quaternary nitrogens is 1. The van der Waals surface area contributed by atoms with E-state index in [0.29, 0.717) is 0 Å². The average Bonchev–Trinajstić information content (AvgIpc) is 2.63. The van der Waals surface area contributed by atoms with Gasteiger partial charge in [0.15, 0.2) is 12.7 Å². The number of aromatic amines is 1. The minimum atomic E-state index is 0.109. The van der Waals surface area contributed by atoms with Crippen LogP contribution >= 0.6 is 0 Å². The maximum Gasteiger partial charge on any atom is 0.254 e. The van der Waals surface area contributed by atoms with Crippen LogP contribution in [0, 0.1) is 0 Å². The molecule has 2 aromatic rings. The van der Waals surface area contributed by atoms with Crippen LogP contribution in [-0.2, 0) is 6.54 Å². The van der Waals surface area contributed by atoms with Crippen molar-refractivity contribution in [3.05, 3.63) is 59.9 Å². The van der Waals surface area contributed by atoms with Gasteiger partial charge >= 0.3 is 0 Å². The van der Waals surface area contributed by atoms with Gasteiger partial charge in [0.2, 0.25) is 5.69 Å². The molecule has 5 heteroatoms. The van der Waals surface area contributed by atoms with Crippen LogP contribution in [0.5, 0.6) is 5.75 Å². The number of rotatable bonds is 4. The van der Waals surface area contributed by atoms with Gasteiger partial charge in [-0.2, -0.15) is 0 Å². The van der Waals surface area contributed by atoms with E-state index < -0.39 is 0 Å². The van der Waals surface area contributed by atoms with Gasteiger partial charge in [-0.15, -0.1) is 0 Å². The second-order valence-corrected chi connectivity index (χ2v) is 5.84. The van der Waals surface area contributed by atoms with E-state index in [2.05, 4.69) is 17.1 Å². The second kappa shape index (κ2) is 7.24. The van der Waals surface area contributed by atoms with Crippen LogP contribution in [0.15, 0.2) is 48.7 Å². The molecular formula is C18H23N3O2+2. The fourth-order valence-corrected chi connectivity index (χ4v) is 2.93. The fourth-order valence-electron chi connectivity index (χ4n) is 2.93. The van der Waals surface area contributed by atoms with Gasteiger partial charge < -0.3 is 14.5 Å². The van der Waals surface area contributed by atoms with Crippen molar-refractivity contribution < 1.29 is 19.4 Å². The largest absolute Gasteiger partial charge is 0.497 e. The first kappa shape index (κ1) is 15.5. The average molecular weight is 313 g/mol. The Hall–Kier alpha value is -2.40. The standard InChI is InChI=1S/C18H21N3O2/c1-23-17-7-5-15(6-8-17)18(22)21-12-10-20(11-13-21)14-16-4-2-3-9-19-16/h2-9H,10-14H2,1H3/p+2. The molecule has 2 heterocycles. The number of nitrogens with zero attached hydrogens (tertiary/aromatic N) is 1. The van der Waals surface area contributed by atoms with E-state index in [0.717, 1.165) is 44.0 Å². The van der Waals surface area contributed by atoms with Gasteiger partial charge in [0.25, 0.3) is 5.91 Å². The first-order chi connectivity index (χ1) is 11.3. The third kappa shape index (κ3) is 3.87. The molecule has 0 spiro atoms. The molecule has 1 aliphatic heterocycles. The van der Waals surface area contributed by atoms with E-state index in [-0.39, 0.29) is 5.91 Å². The molecule has 3 rings (SSSR count). The normalized spacial score (nSPS) is 15.4. The van der Waals surface area contributed by atoms with Gasteiger partial charge in [-0.25, -0.2) is 4.98 Å². The van der Waals surface area contributed by atoms with E-state index in [4.69, 9.17) is 4.74 Å². The monoisotopic (exact) mass is 313 g/mol. The van der Waals surface area contributed by atoms with Crippen molar-refractivity contribution in [2.45, 2.75) is 6.54 Å². The summed E-state index contributed by atoms with van der Waals surface area (Å²) in [5.74, 6) is 0.882. The lowest BCUT2D eigenvalue weighted by Crippen LogP contribution is -3.13. The summed E-state index contributed by atoms with van der Waals surface area (Å²) in [6.45, 7) is 4.53. The smallest absolute Gasteiger partial charge is 0.254 e. The predicted octanol–water partition coefficient (Wildman–Crippen LogP) is 0.0502. The molecular weight excluding hydrogens is 290 g/mol. The number of hydrogen-bond acceptors (Lipinski definition) is 2. The summed E-state index contributed by atoms with van der Waals surface area (Å²) in [6.07, 6.45) is 1.96. The Bertz CT molecular complexity index is 635. The Morgan fingerprint density at radius 3 is 2.52 bits per heavy atom. The number of H-pyrrole nitrogens is 1. The second-order valence-electron chi connectivity index (χ2n) is 5.84. The molecule has 1 aromatic heterocycles. The maximum atomic E-state index is 12.5. The van der Waals surface area contributed by atoms with Crippen molar-refractivity contribution in [3.8, 4) is 5.75 Å². The zero-order valence-electron chi connectivity index (χ0n) is 13.4. The molecule has 120 valence electrons. The number of pyridine rings is 1. The summed E-state index contributed by atoms with van der Waals surface area (Å²) in [7, 11) is 1.63. The molecule has 0 aliphatic carbocycles. The number of methoxy groups -OCH3 is 1. The van der Waals surface area contributed by atoms with E-state index in [1.54, 1.807) is 7.11 Å². The number of nitrogens with one attached hydrogen (secondary N) is 2. The lowest BCUT2D eigenvalue weighted by molar-refractivity contribution is -0.921. The highest BCUT2D eigenvalue weighted by Gasteiger charge is 2.25. The summed E-state index contributed by atoms with van der Waals surface area (Å²) < 4.78 is 5.13. The molecule has 1 amide bonds. The van der Waals surface area contributed by atoms with Crippen molar-refractivity contribution >= 4 is 5.91 Å². The molecule has 1 aliphatic rings. The molecule has 5 nitrogen and oxygen atoms in total. The van der Waals surface area contributed by atoms with Crippen molar-refractivity contribution in [2.75, 3.05) is 33.3 Å². The molecule has 1 saturated heterocycles. The topological polar surface area (TPSA) is 48.1 Å². The molecule has 0 saturated carbocycles. The minimum absolute atomic E-state index is 0.109. The molecule has 0 radical (unpaired) electrons. The Balaban J connectivity index is 1.54. The summed E-state index contributed by atoms with van der Waals surface area (Å²) >= 11 is 0. The first-order valence-corrected chi connectivity index (χ1v) is 7.99. The summed E-state index contributed by atoms with van der Waals surface area (Å²) in [4.78, 5) is 19.3. The predicted molar refractivity (Wildman–Crippen MR) is 86.3 cm³/mol. The molecule has 1 fully saturated rings. The lowest BCUT2D eigenvalue weighted by Gasteiger charge is -2.31. The van der Waals surface area contributed by atoms with Gasteiger partial charge in [0.05, 0.1) is 33.3 Å². The highest BCUT2D eigenvalue weighted by Crippen LogP contribution is 2.13. The zero-order chi connectivity index (χ0) is 16.1. The van der Waals surface area contributed by atoms with Crippen LogP contribution < -0.4 is 14.6 Å². The van der Waals surface area contributed by atoms with Crippen molar-refractivity contribution in [2.24, 2.45) is 0 Å². The maximum absolute atomic E-state index is 12.5.